The molecule has 1 aromatic carbocycles. The fraction of sp³-hybridized carbons (Fsp3) is 0.385. The van der Waals surface area contributed by atoms with E-state index in [1.54, 1.807) is 6.92 Å². The molecule has 116 valence electrons. The predicted molar refractivity (Wildman–Crippen MR) is 69.4 cm³/mol. The number of nitrogens with two attached hydrogens (primary N) is 1. The minimum Gasteiger partial charge on any atom is -0.464 e. The molecule has 21 heavy (non-hydrogen) atoms. The van der Waals surface area contributed by atoms with Gasteiger partial charge in [-0.25, -0.2) is 4.79 Å². The molecule has 0 bridgehead atoms. The zero-order valence-corrected chi connectivity index (χ0v) is 11.5. The molecule has 0 aliphatic carbocycles. The van der Waals surface area contributed by atoms with Crippen molar-refractivity contribution in [2.45, 2.75) is 26.1 Å². The van der Waals surface area contributed by atoms with Crippen molar-refractivity contribution in [2.24, 2.45) is 5.73 Å². The molecule has 0 spiro atoms. The number of hydrogen-bond acceptors (Lipinski definition) is 4. The molecule has 0 heterocycles. The Kier molecular flexibility index (Phi) is 5.31. The third-order valence-electron chi connectivity index (χ3n) is 2.65. The van der Waals surface area contributed by atoms with Crippen LogP contribution in [0.25, 0.3) is 0 Å². The van der Waals surface area contributed by atoms with E-state index in [0.29, 0.717) is 5.56 Å². The van der Waals surface area contributed by atoms with Crippen LogP contribution in [-0.2, 0) is 20.5 Å². The maximum atomic E-state index is 12.6. The lowest BCUT2D eigenvalue weighted by atomic mass is 10.1. The topological polar surface area (TPSA) is 81.4 Å². The standard InChI is InChI=1S/C13H15F3N2O3/c1-3-21-12(20)10(17)11(19)18-9-6-8(13(14,15)16)5-4-7(9)2/h4-6,10H,3,17H2,1-2H3,(H,18,19). The quantitative estimate of drug-likeness (QED) is 0.657. The van der Waals surface area contributed by atoms with E-state index in [4.69, 9.17) is 5.73 Å². The second-order valence-electron chi connectivity index (χ2n) is 4.25. The summed E-state index contributed by atoms with van der Waals surface area (Å²) in [7, 11) is 0. The van der Waals surface area contributed by atoms with Crippen LogP contribution in [0.1, 0.15) is 18.1 Å². The second kappa shape index (κ2) is 6.57. The van der Waals surface area contributed by atoms with Crippen molar-refractivity contribution in [3.8, 4) is 0 Å². The van der Waals surface area contributed by atoms with Gasteiger partial charge in [0.05, 0.1) is 12.2 Å². The zero-order valence-electron chi connectivity index (χ0n) is 11.5. The first kappa shape index (κ1) is 17.0. The zero-order chi connectivity index (χ0) is 16.2. The Labute approximate surface area is 119 Å². The van der Waals surface area contributed by atoms with Crippen LogP contribution in [0.5, 0.6) is 0 Å². The van der Waals surface area contributed by atoms with Gasteiger partial charge in [-0.2, -0.15) is 13.2 Å². The minimum atomic E-state index is -4.53. The fourth-order valence-corrected chi connectivity index (χ4v) is 1.48. The number of nitrogens with one attached hydrogen (secondary N) is 1. The van der Waals surface area contributed by atoms with E-state index in [9.17, 15) is 22.8 Å². The maximum absolute atomic E-state index is 12.6. The Morgan fingerprint density at radius 2 is 2.00 bits per heavy atom. The minimum absolute atomic E-state index is 0.0440. The highest BCUT2D eigenvalue weighted by Crippen LogP contribution is 2.32. The van der Waals surface area contributed by atoms with Gasteiger partial charge in [-0.05, 0) is 31.5 Å². The summed E-state index contributed by atoms with van der Waals surface area (Å²) in [6, 6.07) is 1.30. The average Bonchev–Trinajstić information content (AvgIpc) is 2.39. The van der Waals surface area contributed by atoms with Crippen molar-refractivity contribution in [2.75, 3.05) is 11.9 Å². The third kappa shape index (κ3) is 4.45. The average molecular weight is 304 g/mol. The van der Waals surface area contributed by atoms with Crippen molar-refractivity contribution in [3.63, 3.8) is 0 Å². The maximum Gasteiger partial charge on any atom is 0.416 e. The Morgan fingerprint density at radius 1 is 1.38 bits per heavy atom. The summed E-state index contributed by atoms with van der Waals surface area (Å²) in [5.41, 5.74) is 4.80. The van der Waals surface area contributed by atoms with E-state index in [1.807, 2.05) is 0 Å². The number of carbonyl (C=O) groups excluding carboxylic acids is 2. The first-order valence-electron chi connectivity index (χ1n) is 6.07. The number of halogens is 3. The van der Waals surface area contributed by atoms with Crippen molar-refractivity contribution in [1.29, 1.82) is 0 Å². The van der Waals surface area contributed by atoms with Crippen molar-refractivity contribution < 1.29 is 27.5 Å². The van der Waals surface area contributed by atoms with E-state index in [0.717, 1.165) is 12.1 Å². The van der Waals surface area contributed by atoms with Gasteiger partial charge >= 0.3 is 12.1 Å². The molecule has 0 saturated carbocycles. The number of carbonyl (C=O) groups is 2. The lowest BCUT2D eigenvalue weighted by molar-refractivity contribution is -0.147. The van der Waals surface area contributed by atoms with Gasteiger partial charge in [0.1, 0.15) is 0 Å². The summed E-state index contributed by atoms with van der Waals surface area (Å²) in [5, 5.41) is 2.20. The number of anilines is 1. The number of amides is 1. The molecule has 0 fully saturated rings. The summed E-state index contributed by atoms with van der Waals surface area (Å²) < 4.78 is 42.4. The van der Waals surface area contributed by atoms with Gasteiger partial charge in [-0.15, -0.1) is 0 Å². The van der Waals surface area contributed by atoms with Gasteiger partial charge in [0.2, 0.25) is 0 Å². The summed E-state index contributed by atoms with van der Waals surface area (Å²) in [6.45, 7) is 3.10. The molecule has 0 aliphatic rings. The number of benzene rings is 1. The van der Waals surface area contributed by atoms with Crippen molar-refractivity contribution in [3.05, 3.63) is 29.3 Å². The largest absolute Gasteiger partial charge is 0.464 e. The molecular formula is C13H15F3N2O3. The van der Waals surface area contributed by atoms with E-state index >= 15 is 0 Å². The van der Waals surface area contributed by atoms with Gasteiger partial charge < -0.3 is 15.8 Å². The molecule has 0 aliphatic heterocycles. The summed E-state index contributed by atoms with van der Waals surface area (Å²) in [4.78, 5) is 23.0. The Balaban J connectivity index is 2.92. The van der Waals surface area contributed by atoms with Gasteiger partial charge in [0.25, 0.3) is 5.91 Å². The molecule has 0 radical (unpaired) electrons. The highest BCUT2D eigenvalue weighted by Gasteiger charge is 2.31. The summed E-state index contributed by atoms with van der Waals surface area (Å²) in [5.74, 6) is -1.88. The van der Waals surface area contributed by atoms with E-state index in [2.05, 4.69) is 10.1 Å². The van der Waals surface area contributed by atoms with E-state index < -0.39 is 29.7 Å². The van der Waals surface area contributed by atoms with Crippen LogP contribution in [-0.4, -0.2) is 24.5 Å². The van der Waals surface area contributed by atoms with Crippen LogP contribution < -0.4 is 11.1 Å². The molecule has 5 nitrogen and oxygen atoms in total. The normalized spacial score (nSPS) is 12.7. The van der Waals surface area contributed by atoms with Crippen LogP contribution in [0.15, 0.2) is 18.2 Å². The fourth-order valence-electron chi connectivity index (χ4n) is 1.48. The number of hydrogen-bond donors (Lipinski definition) is 2. The highest BCUT2D eigenvalue weighted by molar-refractivity contribution is 6.08. The highest BCUT2D eigenvalue weighted by atomic mass is 19.4. The first-order valence-corrected chi connectivity index (χ1v) is 6.07. The number of rotatable bonds is 4. The second-order valence-corrected chi connectivity index (χ2v) is 4.25. The molecule has 0 aromatic heterocycles. The smallest absolute Gasteiger partial charge is 0.416 e. The Morgan fingerprint density at radius 3 is 2.52 bits per heavy atom. The van der Waals surface area contributed by atoms with Crippen LogP contribution in [0.2, 0.25) is 0 Å². The summed E-state index contributed by atoms with van der Waals surface area (Å²) >= 11 is 0. The molecule has 1 atom stereocenters. The SMILES string of the molecule is CCOC(=O)C(N)C(=O)Nc1cc(C(F)(F)F)ccc1C. The van der Waals surface area contributed by atoms with Gasteiger partial charge in [0, 0.05) is 5.69 Å². The van der Waals surface area contributed by atoms with E-state index in [-0.39, 0.29) is 12.3 Å². The van der Waals surface area contributed by atoms with E-state index in [1.165, 1.54) is 13.0 Å². The first-order chi connectivity index (χ1) is 9.66. The lowest BCUT2D eigenvalue weighted by Gasteiger charge is -2.15. The van der Waals surface area contributed by atoms with Crippen molar-refractivity contribution >= 4 is 17.6 Å². The van der Waals surface area contributed by atoms with Crippen LogP contribution in [0.3, 0.4) is 0 Å². The predicted octanol–water partition coefficient (Wildman–Crippen LogP) is 1.84. The monoisotopic (exact) mass is 304 g/mol. The number of esters is 1. The molecule has 1 amide bonds. The molecule has 8 heteroatoms. The van der Waals surface area contributed by atoms with Gasteiger partial charge in [0.15, 0.2) is 6.04 Å². The number of alkyl halides is 3. The lowest BCUT2D eigenvalue weighted by Crippen LogP contribution is -2.43. The third-order valence-corrected chi connectivity index (χ3v) is 2.65. The Hall–Kier alpha value is -2.09. The van der Waals surface area contributed by atoms with Gasteiger partial charge in [-0.1, -0.05) is 6.07 Å². The molecular weight excluding hydrogens is 289 g/mol. The van der Waals surface area contributed by atoms with Gasteiger partial charge in [-0.3, -0.25) is 4.79 Å². The molecule has 0 saturated heterocycles. The Bertz CT molecular complexity index is 544. The molecule has 1 unspecified atom stereocenters. The molecule has 1 aromatic rings. The molecule has 1 rings (SSSR count). The van der Waals surface area contributed by atoms with Crippen LogP contribution in [0.4, 0.5) is 18.9 Å². The van der Waals surface area contributed by atoms with Crippen LogP contribution >= 0.6 is 0 Å². The summed E-state index contributed by atoms with van der Waals surface area (Å²) in [6.07, 6.45) is -4.53. The number of ether oxygens (including phenoxy) is 1. The van der Waals surface area contributed by atoms with Crippen LogP contribution in [0, 0.1) is 6.92 Å². The molecule has 3 N–H and O–H groups in total. The number of aryl methyl sites for hydroxylation is 1. The van der Waals surface area contributed by atoms with Crippen molar-refractivity contribution in [1.82, 2.24) is 0 Å².